The Kier molecular flexibility index (Phi) is 5.72. The van der Waals surface area contributed by atoms with Crippen molar-refractivity contribution in [3.8, 4) is 0 Å². The van der Waals surface area contributed by atoms with Gasteiger partial charge in [-0.3, -0.25) is 0 Å². The van der Waals surface area contributed by atoms with Crippen molar-refractivity contribution < 1.29 is 12.8 Å². The third-order valence-electron chi connectivity index (χ3n) is 3.61. The van der Waals surface area contributed by atoms with Crippen molar-refractivity contribution in [3.63, 3.8) is 0 Å². The van der Waals surface area contributed by atoms with Crippen LogP contribution in [0.3, 0.4) is 0 Å². The van der Waals surface area contributed by atoms with Gasteiger partial charge in [-0.15, -0.1) is 0 Å². The van der Waals surface area contributed by atoms with Crippen LogP contribution in [0.2, 0.25) is 0 Å². The molecule has 21 heavy (non-hydrogen) atoms. The molecule has 0 spiro atoms. The predicted molar refractivity (Wildman–Crippen MR) is 81.9 cm³/mol. The molecular formula is C15H23FN2O2S. The number of nitrogens with one attached hydrogen (secondary N) is 1. The SMILES string of the molecule is CN(Cc1cccc(F)c1)S(=O)(=O)CCCCNC1CC1. The van der Waals surface area contributed by atoms with Crippen LogP contribution in [0.5, 0.6) is 0 Å². The van der Waals surface area contributed by atoms with Gasteiger partial charge in [-0.25, -0.2) is 17.1 Å². The van der Waals surface area contributed by atoms with E-state index in [2.05, 4.69) is 5.32 Å². The Morgan fingerprint density at radius 1 is 1.33 bits per heavy atom. The van der Waals surface area contributed by atoms with E-state index in [0.717, 1.165) is 13.0 Å². The number of hydrogen-bond acceptors (Lipinski definition) is 3. The first kappa shape index (κ1) is 16.4. The van der Waals surface area contributed by atoms with E-state index in [0.29, 0.717) is 18.0 Å². The van der Waals surface area contributed by atoms with Crippen molar-refractivity contribution in [2.24, 2.45) is 0 Å². The second kappa shape index (κ2) is 7.33. The van der Waals surface area contributed by atoms with Crippen molar-refractivity contribution in [2.75, 3.05) is 19.3 Å². The molecule has 0 bridgehead atoms. The number of unbranched alkanes of at least 4 members (excludes halogenated alkanes) is 1. The maximum atomic E-state index is 13.1. The van der Waals surface area contributed by atoms with Gasteiger partial charge in [-0.1, -0.05) is 12.1 Å². The molecular weight excluding hydrogens is 291 g/mol. The summed E-state index contributed by atoms with van der Waals surface area (Å²) in [5.74, 6) is -0.199. The molecule has 0 saturated heterocycles. The highest BCUT2D eigenvalue weighted by Crippen LogP contribution is 2.18. The van der Waals surface area contributed by atoms with E-state index < -0.39 is 10.0 Å². The zero-order chi connectivity index (χ0) is 15.3. The number of hydrogen-bond donors (Lipinski definition) is 1. The minimum absolute atomic E-state index is 0.144. The van der Waals surface area contributed by atoms with Gasteiger partial charge >= 0.3 is 0 Å². The summed E-state index contributed by atoms with van der Waals surface area (Å²) in [5, 5.41) is 3.37. The lowest BCUT2D eigenvalue weighted by Crippen LogP contribution is -2.29. The van der Waals surface area contributed by atoms with E-state index in [1.54, 1.807) is 19.2 Å². The number of halogens is 1. The minimum atomic E-state index is -3.27. The first-order valence-electron chi connectivity index (χ1n) is 7.39. The summed E-state index contributed by atoms with van der Waals surface area (Å²) >= 11 is 0. The van der Waals surface area contributed by atoms with E-state index in [9.17, 15) is 12.8 Å². The number of nitrogens with zero attached hydrogens (tertiary/aromatic N) is 1. The van der Waals surface area contributed by atoms with E-state index in [-0.39, 0.29) is 18.1 Å². The Balaban J connectivity index is 1.74. The molecule has 1 aliphatic carbocycles. The van der Waals surface area contributed by atoms with Crippen molar-refractivity contribution in [1.82, 2.24) is 9.62 Å². The van der Waals surface area contributed by atoms with Gasteiger partial charge in [0.25, 0.3) is 0 Å². The van der Waals surface area contributed by atoms with Crippen LogP contribution in [0.1, 0.15) is 31.2 Å². The van der Waals surface area contributed by atoms with Crippen molar-refractivity contribution in [2.45, 2.75) is 38.3 Å². The van der Waals surface area contributed by atoms with E-state index in [1.165, 1.54) is 29.3 Å². The standard InChI is InChI=1S/C15H23FN2O2S/c1-18(12-13-5-4-6-14(16)11-13)21(19,20)10-3-2-9-17-15-7-8-15/h4-6,11,15,17H,2-3,7-10,12H2,1H3. The van der Waals surface area contributed by atoms with Gasteiger partial charge in [0.1, 0.15) is 5.82 Å². The molecule has 2 rings (SSSR count). The summed E-state index contributed by atoms with van der Waals surface area (Å²) in [6.45, 7) is 1.09. The van der Waals surface area contributed by atoms with Crippen LogP contribution in [-0.2, 0) is 16.6 Å². The molecule has 1 N–H and O–H groups in total. The topological polar surface area (TPSA) is 49.4 Å². The summed E-state index contributed by atoms with van der Waals surface area (Å²) in [5.41, 5.74) is 0.663. The minimum Gasteiger partial charge on any atom is -0.314 e. The quantitative estimate of drug-likeness (QED) is 0.710. The highest BCUT2D eigenvalue weighted by Gasteiger charge is 2.20. The fraction of sp³-hybridized carbons (Fsp3) is 0.600. The largest absolute Gasteiger partial charge is 0.314 e. The predicted octanol–water partition coefficient (Wildman–Crippen LogP) is 2.12. The van der Waals surface area contributed by atoms with Crippen LogP contribution in [0.25, 0.3) is 0 Å². The summed E-state index contributed by atoms with van der Waals surface area (Å²) in [6.07, 6.45) is 4.00. The Hall–Kier alpha value is -0.980. The van der Waals surface area contributed by atoms with Gasteiger partial charge in [0.2, 0.25) is 10.0 Å². The molecule has 0 atom stereocenters. The van der Waals surface area contributed by atoms with Crippen molar-refractivity contribution >= 4 is 10.0 Å². The first-order chi connectivity index (χ1) is 9.97. The molecule has 1 fully saturated rings. The lowest BCUT2D eigenvalue weighted by molar-refractivity contribution is 0.463. The Labute approximate surface area is 126 Å². The molecule has 1 aliphatic rings. The lowest BCUT2D eigenvalue weighted by Gasteiger charge is -2.17. The second-order valence-electron chi connectivity index (χ2n) is 5.64. The third-order valence-corrected chi connectivity index (χ3v) is 5.49. The lowest BCUT2D eigenvalue weighted by atomic mass is 10.2. The zero-order valence-electron chi connectivity index (χ0n) is 12.4. The van der Waals surface area contributed by atoms with Gasteiger partial charge < -0.3 is 5.32 Å². The number of sulfonamides is 1. The average molecular weight is 314 g/mol. The maximum absolute atomic E-state index is 13.1. The Morgan fingerprint density at radius 3 is 2.76 bits per heavy atom. The molecule has 0 unspecified atom stereocenters. The fourth-order valence-corrected chi connectivity index (χ4v) is 3.38. The van der Waals surface area contributed by atoms with Crippen LogP contribution in [0, 0.1) is 5.82 Å². The summed E-state index contributed by atoms with van der Waals surface area (Å²) in [7, 11) is -1.73. The molecule has 0 radical (unpaired) electrons. The van der Waals surface area contributed by atoms with Crippen LogP contribution in [-0.4, -0.2) is 38.1 Å². The summed E-state index contributed by atoms with van der Waals surface area (Å²) < 4.78 is 38.7. The summed E-state index contributed by atoms with van der Waals surface area (Å²) in [4.78, 5) is 0. The molecule has 1 aromatic carbocycles. The molecule has 0 amide bonds. The highest BCUT2D eigenvalue weighted by molar-refractivity contribution is 7.89. The van der Waals surface area contributed by atoms with Crippen LogP contribution < -0.4 is 5.32 Å². The molecule has 0 aliphatic heterocycles. The smallest absolute Gasteiger partial charge is 0.214 e. The van der Waals surface area contributed by atoms with Gasteiger partial charge in [0, 0.05) is 19.6 Å². The molecule has 1 saturated carbocycles. The monoisotopic (exact) mass is 314 g/mol. The molecule has 0 heterocycles. The zero-order valence-corrected chi connectivity index (χ0v) is 13.2. The number of benzene rings is 1. The van der Waals surface area contributed by atoms with Crippen molar-refractivity contribution in [1.29, 1.82) is 0 Å². The van der Waals surface area contributed by atoms with Gasteiger partial charge in [0.05, 0.1) is 5.75 Å². The molecule has 4 nitrogen and oxygen atoms in total. The van der Waals surface area contributed by atoms with E-state index in [1.807, 2.05) is 0 Å². The summed E-state index contributed by atoms with van der Waals surface area (Å²) in [6, 6.07) is 6.71. The highest BCUT2D eigenvalue weighted by atomic mass is 32.2. The number of rotatable bonds is 9. The molecule has 1 aromatic rings. The fourth-order valence-electron chi connectivity index (χ4n) is 2.15. The Bertz CT molecular complexity index is 559. The Morgan fingerprint density at radius 2 is 2.10 bits per heavy atom. The second-order valence-corrected chi connectivity index (χ2v) is 7.83. The van der Waals surface area contributed by atoms with E-state index >= 15 is 0 Å². The third kappa shape index (κ3) is 5.73. The normalized spacial score (nSPS) is 15.6. The molecule has 0 aromatic heterocycles. The van der Waals surface area contributed by atoms with Gasteiger partial charge in [-0.2, -0.15) is 0 Å². The molecule has 118 valence electrons. The van der Waals surface area contributed by atoms with Crippen LogP contribution in [0.15, 0.2) is 24.3 Å². The van der Waals surface area contributed by atoms with Crippen LogP contribution in [0.4, 0.5) is 4.39 Å². The van der Waals surface area contributed by atoms with Crippen molar-refractivity contribution in [3.05, 3.63) is 35.6 Å². The molecule has 6 heteroatoms. The average Bonchev–Trinajstić information content (AvgIpc) is 3.22. The first-order valence-corrected chi connectivity index (χ1v) is 9.00. The van der Waals surface area contributed by atoms with E-state index in [4.69, 9.17) is 0 Å². The maximum Gasteiger partial charge on any atom is 0.214 e. The van der Waals surface area contributed by atoms with Gasteiger partial charge in [-0.05, 0) is 49.9 Å². The van der Waals surface area contributed by atoms with Gasteiger partial charge in [0.15, 0.2) is 0 Å². The van der Waals surface area contributed by atoms with Crippen LogP contribution >= 0.6 is 0 Å².